The number of carbonyl (C=O) groups excluding carboxylic acids is 1. The van der Waals surface area contributed by atoms with Gasteiger partial charge in [-0.25, -0.2) is 0 Å². The molecule has 0 aromatic heterocycles. The molecule has 4 aliphatic carbocycles. The lowest BCUT2D eigenvalue weighted by atomic mass is 9.44. The van der Waals surface area contributed by atoms with Crippen molar-refractivity contribution in [1.82, 2.24) is 0 Å². The number of ketones is 1. The van der Waals surface area contributed by atoms with Gasteiger partial charge in [0.25, 0.3) is 0 Å². The standard InChI is InChI=1S/C22H37NO2/c1-20(25)10-11-21(2)14(12-20)4-5-15-16-6-7-18(19(24)13-23)22(16,3)9-8-17(15)21/h14-18,25H,4-13,23H2,1-3H3/t14-,15+,16+,17+,18-,20-,21+,22+/m1/s1. The topological polar surface area (TPSA) is 63.3 Å². The smallest absolute Gasteiger partial charge is 0.150 e. The van der Waals surface area contributed by atoms with E-state index in [2.05, 4.69) is 13.8 Å². The van der Waals surface area contributed by atoms with Crippen molar-refractivity contribution in [2.24, 2.45) is 46.2 Å². The number of Topliss-reactive ketones (excluding diaryl/α,β-unsaturated/α-hetero) is 1. The minimum Gasteiger partial charge on any atom is -0.390 e. The average Bonchev–Trinajstić information content (AvgIpc) is 2.92. The summed E-state index contributed by atoms with van der Waals surface area (Å²) in [5, 5.41) is 10.6. The van der Waals surface area contributed by atoms with Gasteiger partial charge in [0.1, 0.15) is 5.78 Å². The van der Waals surface area contributed by atoms with Gasteiger partial charge in [-0.3, -0.25) is 4.79 Å². The average molecular weight is 348 g/mol. The van der Waals surface area contributed by atoms with Gasteiger partial charge in [0.2, 0.25) is 0 Å². The van der Waals surface area contributed by atoms with Crippen LogP contribution < -0.4 is 5.73 Å². The number of carbonyl (C=O) groups is 1. The molecular formula is C22H37NO2. The molecule has 4 fully saturated rings. The Kier molecular flexibility index (Phi) is 4.16. The molecule has 4 aliphatic rings. The number of hydrogen-bond acceptors (Lipinski definition) is 3. The molecule has 0 aromatic carbocycles. The van der Waals surface area contributed by atoms with Gasteiger partial charge in [0.05, 0.1) is 12.1 Å². The number of fused-ring (bicyclic) bond motifs is 5. The quantitative estimate of drug-likeness (QED) is 0.795. The van der Waals surface area contributed by atoms with Crippen molar-refractivity contribution in [2.45, 2.75) is 84.2 Å². The van der Waals surface area contributed by atoms with Crippen LogP contribution in [0.3, 0.4) is 0 Å². The van der Waals surface area contributed by atoms with Crippen LogP contribution in [-0.2, 0) is 4.79 Å². The second kappa shape index (κ2) is 5.79. The number of nitrogens with two attached hydrogens (primary N) is 1. The van der Waals surface area contributed by atoms with Crippen LogP contribution in [0.2, 0.25) is 0 Å². The van der Waals surface area contributed by atoms with Gasteiger partial charge >= 0.3 is 0 Å². The van der Waals surface area contributed by atoms with Crippen LogP contribution in [0.1, 0.15) is 78.6 Å². The summed E-state index contributed by atoms with van der Waals surface area (Å²) >= 11 is 0. The lowest BCUT2D eigenvalue weighted by Gasteiger charge is -2.61. The van der Waals surface area contributed by atoms with Gasteiger partial charge in [0.15, 0.2) is 0 Å². The minimum absolute atomic E-state index is 0.195. The first kappa shape index (κ1) is 18.0. The number of rotatable bonds is 2. The van der Waals surface area contributed by atoms with Crippen molar-refractivity contribution in [3.63, 3.8) is 0 Å². The van der Waals surface area contributed by atoms with Crippen molar-refractivity contribution in [3.05, 3.63) is 0 Å². The Bertz CT molecular complexity index is 558. The first-order valence-corrected chi connectivity index (χ1v) is 10.7. The lowest BCUT2D eigenvalue weighted by Crippen LogP contribution is -2.55. The molecule has 142 valence electrons. The van der Waals surface area contributed by atoms with Crippen molar-refractivity contribution in [2.75, 3.05) is 6.54 Å². The second-order valence-electron chi connectivity index (χ2n) is 10.7. The molecule has 0 aromatic rings. The highest BCUT2D eigenvalue weighted by molar-refractivity contribution is 5.84. The van der Waals surface area contributed by atoms with Crippen molar-refractivity contribution < 1.29 is 9.90 Å². The molecule has 0 saturated heterocycles. The van der Waals surface area contributed by atoms with Gasteiger partial charge in [-0.15, -0.1) is 0 Å². The van der Waals surface area contributed by atoms with Gasteiger partial charge in [0, 0.05) is 5.92 Å². The molecule has 0 aliphatic heterocycles. The van der Waals surface area contributed by atoms with Gasteiger partial charge < -0.3 is 10.8 Å². The van der Waals surface area contributed by atoms with Crippen LogP contribution in [0.25, 0.3) is 0 Å². The third kappa shape index (κ3) is 2.56. The lowest BCUT2D eigenvalue weighted by molar-refractivity contribution is -0.150. The highest BCUT2D eigenvalue weighted by Crippen LogP contribution is 2.68. The SMILES string of the molecule is C[C@@]1(O)CC[C@@]2(C)[C@H](CC[C@@H]3[C@@H]2CC[C@]2(C)[C@@H](C(=O)CN)CC[C@@H]32)C1. The molecule has 25 heavy (non-hydrogen) atoms. The van der Waals surface area contributed by atoms with E-state index in [0.717, 1.165) is 31.1 Å². The molecule has 8 atom stereocenters. The molecule has 3 N–H and O–H groups in total. The summed E-state index contributed by atoms with van der Waals surface area (Å²) in [4.78, 5) is 12.4. The highest BCUT2D eigenvalue weighted by atomic mass is 16.3. The maximum absolute atomic E-state index is 12.4. The summed E-state index contributed by atoms with van der Waals surface area (Å²) in [6.45, 7) is 7.19. The van der Waals surface area contributed by atoms with Crippen LogP contribution in [0.4, 0.5) is 0 Å². The van der Waals surface area contributed by atoms with Crippen LogP contribution in [0.15, 0.2) is 0 Å². The molecule has 0 unspecified atom stereocenters. The largest absolute Gasteiger partial charge is 0.390 e. The summed E-state index contributed by atoms with van der Waals surface area (Å²) < 4.78 is 0. The fourth-order valence-corrected chi connectivity index (χ4v) is 8.10. The van der Waals surface area contributed by atoms with Crippen LogP contribution in [0, 0.1) is 40.4 Å². The first-order valence-electron chi connectivity index (χ1n) is 10.7. The molecule has 0 bridgehead atoms. The Morgan fingerprint density at radius 3 is 2.40 bits per heavy atom. The molecule has 0 radical (unpaired) electrons. The number of hydrogen-bond donors (Lipinski definition) is 2. The third-order valence-corrected chi connectivity index (χ3v) is 9.54. The van der Waals surface area contributed by atoms with E-state index in [-0.39, 0.29) is 17.9 Å². The van der Waals surface area contributed by atoms with E-state index < -0.39 is 5.60 Å². The highest BCUT2D eigenvalue weighted by Gasteiger charge is 2.61. The third-order valence-electron chi connectivity index (χ3n) is 9.54. The van der Waals surface area contributed by atoms with E-state index in [0.29, 0.717) is 23.0 Å². The van der Waals surface area contributed by atoms with E-state index >= 15 is 0 Å². The van der Waals surface area contributed by atoms with Crippen LogP contribution in [0.5, 0.6) is 0 Å². The zero-order valence-corrected chi connectivity index (χ0v) is 16.4. The molecule has 4 rings (SSSR count). The Morgan fingerprint density at radius 1 is 0.960 bits per heavy atom. The predicted octanol–water partition coefficient (Wildman–Crippen LogP) is 3.92. The summed E-state index contributed by atoms with van der Waals surface area (Å²) in [6, 6.07) is 0. The Balaban J connectivity index is 1.59. The molecular weight excluding hydrogens is 310 g/mol. The molecule has 0 amide bonds. The van der Waals surface area contributed by atoms with Crippen molar-refractivity contribution in [3.8, 4) is 0 Å². The summed E-state index contributed by atoms with van der Waals surface area (Å²) in [7, 11) is 0. The first-order chi connectivity index (χ1) is 11.7. The van der Waals surface area contributed by atoms with Crippen LogP contribution in [-0.4, -0.2) is 23.0 Å². The van der Waals surface area contributed by atoms with Gasteiger partial charge in [-0.05, 0) is 99.2 Å². The Hall–Kier alpha value is -0.410. The number of aliphatic hydroxyl groups is 1. The van der Waals surface area contributed by atoms with Gasteiger partial charge in [-0.2, -0.15) is 0 Å². The second-order valence-corrected chi connectivity index (χ2v) is 10.7. The zero-order valence-electron chi connectivity index (χ0n) is 16.4. The van der Waals surface area contributed by atoms with E-state index in [1.165, 1.54) is 38.5 Å². The minimum atomic E-state index is -0.452. The van der Waals surface area contributed by atoms with Crippen molar-refractivity contribution >= 4 is 5.78 Å². The van der Waals surface area contributed by atoms with E-state index in [4.69, 9.17) is 5.73 Å². The van der Waals surface area contributed by atoms with Gasteiger partial charge in [-0.1, -0.05) is 13.8 Å². The normalized spacial score (nSPS) is 55.2. The van der Waals surface area contributed by atoms with Crippen LogP contribution >= 0.6 is 0 Å². The zero-order chi connectivity index (χ0) is 18.0. The maximum atomic E-state index is 12.4. The Labute approximate surface area is 153 Å². The molecule has 0 heterocycles. The molecule has 4 saturated carbocycles. The monoisotopic (exact) mass is 347 g/mol. The van der Waals surface area contributed by atoms with E-state index in [9.17, 15) is 9.90 Å². The summed E-state index contributed by atoms with van der Waals surface area (Å²) in [6.07, 6.45) is 10.5. The molecule has 3 nitrogen and oxygen atoms in total. The molecule has 0 spiro atoms. The fraction of sp³-hybridized carbons (Fsp3) is 0.955. The summed E-state index contributed by atoms with van der Waals surface area (Å²) in [5.41, 5.74) is 5.87. The van der Waals surface area contributed by atoms with E-state index in [1.54, 1.807) is 0 Å². The fourth-order valence-electron chi connectivity index (χ4n) is 8.10. The Morgan fingerprint density at radius 2 is 1.68 bits per heavy atom. The molecule has 3 heteroatoms. The maximum Gasteiger partial charge on any atom is 0.150 e. The predicted molar refractivity (Wildman–Crippen MR) is 99.9 cm³/mol. The summed E-state index contributed by atoms with van der Waals surface area (Å²) in [5.74, 6) is 3.50. The van der Waals surface area contributed by atoms with Crippen molar-refractivity contribution in [1.29, 1.82) is 0 Å². The van der Waals surface area contributed by atoms with E-state index in [1.807, 2.05) is 6.92 Å².